The van der Waals surface area contributed by atoms with Crippen molar-refractivity contribution in [3.8, 4) is 0 Å². The molecule has 1 saturated heterocycles. The molecule has 0 radical (unpaired) electrons. The molecule has 1 aliphatic heterocycles. The van der Waals surface area contributed by atoms with Crippen molar-refractivity contribution < 1.29 is 4.79 Å². The molecule has 0 aromatic carbocycles. The van der Waals surface area contributed by atoms with Crippen molar-refractivity contribution >= 4 is 30.7 Å². The van der Waals surface area contributed by atoms with E-state index in [9.17, 15) is 4.79 Å². The highest BCUT2D eigenvalue weighted by Crippen LogP contribution is 2.02. The number of carbonyl (C=O) groups is 1. The molecule has 2 N–H and O–H groups in total. The number of halogens is 2. The fourth-order valence-corrected chi connectivity index (χ4v) is 1.78. The minimum Gasteiger partial charge on any atom is -0.354 e. The van der Waals surface area contributed by atoms with Gasteiger partial charge in [0.25, 0.3) is 0 Å². The molecular formula is C11H20Cl2N4O. The zero-order valence-corrected chi connectivity index (χ0v) is 12.2. The average Bonchev–Trinajstić information content (AvgIpc) is 2.42. The molecule has 1 fully saturated rings. The van der Waals surface area contributed by atoms with Crippen molar-refractivity contribution in [2.45, 2.75) is 20.4 Å². The van der Waals surface area contributed by atoms with E-state index in [1.165, 1.54) is 0 Å². The van der Waals surface area contributed by atoms with Crippen LogP contribution in [0.2, 0.25) is 0 Å². The number of aromatic nitrogens is 2. The van der Waals surface area contributed by atoms with Crippen molar-refractivity contribution in [3.05, 3.63) is 17.5 Å². The van der Waals surface area contributed by atoms with E-state index in [1.54, 1.807) is 4.68 Å². The summed E-state index contributed by atoms with van der Waals surface area (Å²) in [5, 5.41) is 10.4. The number of aryl methyl sites for hydroxylation is 2. The van der Waals surface area contributed by atoms with Crippen LogP contribution in [0, 0.1) is 19.8 Å². The quantitative estimate of drug-likeness (QED) is 0.859. The molecule has 5 nitrogen and oxygen atoms in total. The SMILES string of the molecule is Cc1cc(C)n(CC(=O)NCC2CNC2)n1.Cl.Cl. The Morgan fingerprint density at radius 2 is 2.17 bits per heavy atom. The predicted octanol–water partition coefficient (Wildman–Crippen LogP) is 0.679. The Balaban J connectivity index is 0.00000144. The molecule has 18 heavy (non-hydrogen) atoms. The summed E-state index contributed by atoms with van der Waals surface area (Å²) in [7, 11) is 0. The fourth-order valence-electron chi connectivity index (χ4n) is 1.78. The molecule has 7 heteroatoms. The molecule has 1 aliphatic rings. The monoisotopic (exact) mass is 294 g/mol. The molecule has 0 saturated carbocycles. The third-order valence-electron chi connectivity index (χ3n) is 2.85. The molecule has 1 aromatic rings. The second-order valence-corrected chi connectivity index (χ2v) is 4.41. The van der Waals surface area contributed by atoms with Crippen LogP contribution in [-0.2, 0) is 11.3 Å². The number of rotatable bonds is 4. The lowest BCUT2D eigenvalue weighted by Gasteiger charge is -2.27. The van der Waals surface area contributed by atoms with Gasteiger partial charge in [-0.25, -0.2) is 0 Å². The molecule has 2 heterocycles. The minimum absolute atomic E-state index is 0. The topological polar surface area (TPSA) is 59.0 Å². The predicted molar refractivity (Wildman–Crippen MR) is 75.6 cm³/mol. The largest absolute Gasteiger partial charge is 0.354 e. The first-order valence-electron chi connectivity index (χ1n) is 5.63. The van der Waals surface area contributed by atoms with Crippen LogP contribution in [0.5, 0.6) is 0 Å². The summed E-state index contributed by atoms with van der Waals surface area (Å²) in [6, 6.07) is 1.98. The Morgan fingerprint density at radius 1 is 1.50 bits per heavy atom. The third kappa shape index (κ3) is 4.48. The molecule has 0 aliphatic carbocycles. The molecule has 2 rings (SSSR count). The lowest BCUT2D eigenvalue weighted by molar-refractivity contribution is -0.122. The van der Waals surface area contributed by atoms with Gasteiger partial charge in [-0.1, -0.05) is 0 Å². The Morgan fingerprint density at radius 3 is 2.61 bits per heavy atom. The van der Waals surface area contributed by atoms with Crippen molar-refractivity contribution in [1.29, 1.82) is 0 Å². The van der Waals surface area contributed by atoms with Crippen molar-refractivity contribution in [3.63, 3.8) is 0 Å². The Bertz CT molecular complexity index is 390. The van der Waals surface area contributed by atoms with Crippen LogP contribution >= 0.6 is 24.8 Å². The van der Waals surface area contributed by atoms with Gasteiger partial charge >= 0.3 is 0 Å². The summed E-state index contributed by atoms with van der Waals surface area (Å²) in [6.07, 6.45) is 0. The van der Waals surface area contributed by atoms with Crippen molar-refractivity contribution in [1.82, 2.24) is 20.4 Å². The van der Waals surface area contributed by atoms with Crippen LogP contribution in [0.4, 0.5) is 0 Å². The van der Waals surface area contributed by atoms with Crippen LogP contribution in [0.1, 0.15) is 11.4 Å². The van der Waals surface area contributed by atoms with Crippen LogP contribution in [0.25, 0.3) is 0 Å². The van der Waals surface area contributed by atoms with Gasteiger partial charge in [0.15, 0.2) is 0 Å². The summed E-state index contributed by atoms with van der Waals surface area (Å²) in [6.45, 7) is 7.01. The van der Waals surface area contributed by atoms with Gasteiger partial charge in [-0.15, -0.1) is 24.8 Å². The van der Waals surface area contributed by atoms with E-state index in [4.69, 9.17) is 0 Å². The summed E-state index contributed by atoms with van der Waals surface area (Å²) in [5.41, 5.74) is 1.98. The summed E-state index contributed by atoms with van der Waals surface area (Å²) >= 11 is 0. The minimum atomic E-state index is 0. The Kier molecular flexibility index (Phi) is 7.28. The number of nitrogens with one attached hydrogen (secondary N) is 2. The number of nitrogens with zero attached hydrogens (tertiary/aromatic N) is 2. The standard InChI is InChI=1S/C11H18N4O.2ClH/c1-8-3-9(2)15(14-8)7-11(16)13-6-10-4-12-5-10;;/h3,10,12H,4-7H2,1-2H3,(H,13,16);2*1H. The molecule has 0 spiro atoms. The lowest BCUT2D eigenvalue weighted by Crippen LogP contribution is -2.48. The van der Waals surface area contributed by atoms with Crippen LogP contribution in [0.3, 0.4) is 0 Å². The van der Waals surface area contributed by atoms with Crippen LogP contribution < -0.4 is 10.6 Å². The molecule has 0 atom stereocenters. The number of amides is 1. The highest BCUT2D eigenvalue weighted by molar-refractivity contribution is 5.85. The summed E-state index contributed by atoms with van der Waals surface area (Å²) in [5.74, 6) is 0.641. The molecule has 1 amide bonds. The van der Waals surface area contributed by atoms with Crippen LogP contribution in [0.15, 0.2) is 6.07 Å². The first kappa shape index (κ1) is 17.2. The molecule has 0 bridgehead atoms. The van der Waals surface area contributed by atoms with Gasteiger partial charge in [0, 0.05) is 31.2 Å². The molecular weight excluding hydrogens is 275 g/mol. The van der Waals surface area contributed by atoms with Gasteiger partial charge in [-0.3, -0.25) is 9.48 Å². The number of hydrogen-bond acceptors (Lipinski definition) is 3. The normalized spacial score (nSPS) is 14.1. The van der Waals surface area contributed by atoms with E-state index in [0.717, 1.165) is 31.0 Å². The second-order valence-electron chi connectivity index (χ2n) is 4.41. The lowest BCUT2D eigenvalue weighted by atomic mass is 10.0. The number of hydrogen-bond donors (Lipinski definition) is 2. The van der Waals surface area contributed by atoms with Gasteiger partial charge in [0.1, 0.15) is 6.54 Å². The van der Waals surface area contributed by atoms with E-state index in [-0.39, 0.29) is 30.7 Å². The smallest absolute Gasteiger partial charge is 0.241 e. The number of carbonyl (C=O) groups excluding carboxylic acids is 1. The van der Waals surface area contributed by atoms with Crippen LogP contribution in [-0.4, -0.2) is 35.3 Å². The van der Waals surface area contributed by atoms with E-state index >= 15 is 0 Å². The molecule has 104 valence electrons. The summed E-state index contributed by atoms with van der Waals surface area (Å²) < 4.78 is 1.74. The van der Waals surface area contributed by atoms with Crippen molar-refractivity contribution in [2.24, 2.45) is 5.92 Å². The van der Waals surface area contributed by atoms with Gasteiger partial charge in [0.2, 0.25) is 5.91 Å². The summed E-state index contributed by atoms with van der Waals surface area (Å²) in [4.78, 5) is 11.6. The maximum atomic E-state index is 11.6. The van der Waals surface area contributed by atoms with Gasteiger partial charge in [0.05, 0.1) is 5.69 Å². The maximum Gasteiger partial charge on any atom is 0.241 e. The Hall–Kier alpha value is -0.780. The van der Waals surface area contributed by atoms with E-state index in [1.807, 2.05) is 19.9 Å². The zero-order valence-electron chi connectivity index (χ0n) is 10.6. The van der Waals surface area contributed by atoms with E-state index in [0.29, 0.717) is 12.5 Å². The molecule has 0 unspecified atom stereocenters. The van der Waals surface area contributed by atoms with Gasteiger partial charge in [-0.05, 0) is 19.9 Å². The zero-order chi connectivity index (χ0) is 11.5. The Labute approximate surface area is 120 Å². The van der Waals surface area contributed by atoms with Gasteiger partial charge in [-0.2, -0.15) is 5.10 Å². The van der Waals surface area contributed by atoms with Gasteiger partial charge < -0.3 is 10.6 Å². The first-order valence-corrected chi connectivity index (χ1v) is 5.63. The second kappa shape index (κ2) is 7.61. The highest BCUT2D eigenvalue weighted by Gasteiger charge is 2.17. The highest BCUT2D eigenvalue weighted by atomic mass is 35.5. The fraction of sp³-hybridized carbons (Fsp3) is 0.636. The van der Waals surface area contributed by atoms with E-state index in [2.05, 4.69) is 15.7 Å². The van der Waals surface area contributed by atoms with E-state index < -0.39 is 0 Å². The molecule has 1 aromatic heterocycles. The average molecular weight is 295 g/mol. The third-order valence-corrected chi connectivity index (χ3v) is 2.85. The first-order chi connectivity index (χ1) is 7.65. The van der Waals surface area contributed by atoms with Crippen molar-refractivity contribution in [2.75, 3.05) is 19.6 Å². The maximum absolute atomic E-state index is 11.6.